The first-order valence-electron chi connectivity index (χ1n) is 10.2. The number of furan rings is 1. The van der Waals surface area contributed by atoms with Crippen molar-refractivity contribution in [2.75, 3.05) is 20.8 Å². The maximum absolute atomic E-state index is 13.0. The van der Waals surface area contributed by atoms with Gasteiger partial charge in [-0.15, -0.1) is 0 Å². The molecule has 3 aromatic rings. The van der Waals surface area contributed by atoms with Gasteiger partial charge in [-0.1, -0.05) is 23.8 Å². The molecule has 1 heterocycles. The van der Waals surface area contributed by atoms with E-state index in [0.29, 0.717) is 36.1 Å². The lowest BCUT2D eigenvalue weighted by molar-refractivity contribution is 0.0716. The van der Waals surface area contributed by atoms with E-state index in [1.54, 1.807) is 31.3 Å². The summed E-state index contributed by atoms with van der Waals surface area (Å²) in [6, 6.07) is 15.1. The molecule has 0 bridgehead atoms. The molecule has 0 aliphatic heterocycles. The lowest BCUT2D eigenvalue weighted by Gasteiger charge is -2.20. The quantitative estimate of drug-likeness (QED) is 0.476. The van der Waals surface area contributed by atoms with E-state index in [9.17, 15) is 4.79 Å². The second-order valence-corrected chi connectivity index (χ2v) is 7.33. The van der Waals surface area contributed by atoms with Crippen LogP contribution in [0.2, 0.25) is 0 Å². The van der Waals surface area contributed by atoms with Gasteiger partial charge >= 0.3 is 0 Å². The number of aryl methyl sites for hydroxylation is 2. The minimum absolute atomic E-state index is 0.171. The highest BCUT2D eigenvalue weighted by atomic mass is 16.5. The molecule has 0 spiro atoms. The van der Waals surface area contributed by atoms with Crippen LogP contribution in [-0.4, -0.2) is 31.6 Å². The summed E-state index contributed by atoms with van der Waals surface area (Å²) in [5.41, 5.74) is 3.19. The summed E-state index contributed by atoms with van der Waals surface area (Å²) in [5, 5.41) is 0. The molecule has 0 atom stereocenters. The number of ether oxygens (including phenoxy) is 3. The molecule has 0 saturated heterocycles. The van der Waals surface area contributed by atoms with Crippen LogP contribution in [0.15, 0.2) is 52.9 Å². The summed E-state index contributed by atoms with van der Waals surface area (Å²) in [5.74, 6) is 2.81. The van der Waals surface area contributed by atoms with Crippen LogP contribution >= 0.6 is 0 Å². The SMILES string of the molecule is CCN(Cc1ccc(OC)c(OC)c1)C(=O)c1ccc(COc2ccc(C)cc2C)o1. The van der Waals surface area contributed by atoms with Crippen molar-refractivity contribution in [1.29, 1.82) is 0 Å². The van der Waals surface area contributed by atoms with Crippen LogP contribution in [0.3, 0.4) is 0 Å². The monoisotopic (exact) mass is 423 g/mol. The van der Waals surface area contributed by atoms with Crippen molar-refractivity contribution in [2.45, 2.75) is 33.9 Å². The summed E-state index contributed by atoms with van der Waals surface area (Å²) in [4.78, 5) is 14.7. The summed E-state index contributed by atoms with van der Waals surface area (Å²) < 4.78 is 22.3. The molecule has 6 nitrogen and oxygen atoms in total. The Bertz CT molecular complexity index is 1040. The van der Waals surface area contributed by atoms with Crippen molar-refractivity contribution >= 4 is 5.91 Å². The van der Waals surface area contributed by atoms with Gasteiger partial charge in [0.15, 0.2) is 17.3 Å². The molecule has 2 aromatic carbocycles. The molecule has 0 aliphatic rings. The molecule has 0 saturated carbocycles. The molecule has 0 N–H and O–H groups in total. The summed E-state index contributed by atoms with van der Waals surface area (Å²) >= 11 is 0. The average Bonchev–Trinajstić information content (AvgIpc) is 3.25. The van der Waals surface area contributed by atoms with E-state index in [0.717, 1.165) is 16.9 Å². The minimum atomic E-state index is -0.171. The van der Waals surface area contributed by atoms with E-state index >= 15 is 0 Å². The molecule has 0 radical (unpaired) electrons. The largest absolute Gasteiger partial charge is 0.493 e. The van der Waals surface area contributed by atoms with Crippen LogP contribution in [0.5, 0.6) is 17.2 Å². The second-order valence-electron chi connectivity index (χ2n) is 7.33. The highest BCUT2D eigenvalue weighted by Gasteiger charge is 2.19. The summed E-state index contributed by atoms with van der Waals surface area (Å²) in [6.45, 7) is 7.23. The Labute approximate surface area is 183 Å². The molecule has 1 amide bonds. The highest BCUT2D eigenvalue weighted by Crippen LogP contribution is 2.28. The molecule has 164 valence electrons. The van der Waals surface area contributed by atoms with E-state index in [1.165, 1.54) is 5.56 Å². The number of hydrogen-bond donors (Lipinski definition) is 0. The van der Waals surface area contributed by atoms with Crippen molar-refractivity contribution in [3.63, 3.8) is 0 Å². The van der Waals surface area contributed by atoms with Crippen LogP contribution in [0.1, 0.15) is 39.9 Å². The zero-order valence-corrected chi connectivity index (χ0v) is 18.7. The van der Waals surface area contributed by atoms with Gasteiger partial charge in [0.25, 0.3) is 5.91 Å². The van der Waals surface area contributed by atoms with Gasteiger partial charge < -0.3 is 23.5 Å². The molecule has 0 fully saturated rings. The summed E-state index contributed by atoms with van der Waals surface area (Å²) in [6.07, 6.45) is 0. The zero-order chi connectivity index (χ0) is 22.4. The van der Waals surface area contributed by atoms with Crippen LogP contribution in [0.4, 0.5) is 0 Å². The predicted octanol–water partition coefficient (Wildman–Crippen LogP) is 5.15. The Morgan fingerprint density at radius 2 is 1.68 bits per heavy atom. The van der Waals surface area contributed by atoms with Gasteiger partial charge in [0, 0.05) is 13.1 Å². The van der Waals surface area contributed by atoms with Crippen molar-refractivity contribution < 1.29 is 23.4 Å². The van der Waals surface area contributed by atoms with Gasteiger partial charge in [0.2, 0.25) is 0 Å². The third-order valence-corrected chi connectivity index (χ3v) is 5.06. The van der Waals surface area contributed by atoms with Gasteiger partial charge in [-0.2, -0.15) is 0 Å². The molecule has 1 aromatic heterocycles. The first-order valence-corrected chi connectivity index (χ1v) is 10.2. The normalized spacial score (nSPS) is 10.6. The topological polar surface area (TPSA) is 61.1 Å². The molecule has 0 aliphatic carbocycles. The Morgan fingerprint density at radius 1 is 0.935 bits per heavy atom. The number of carbonyl (C=O) groups is 1. The third-order valence-electron chi connectivity index (χ3n) is 5.06. The second kappa shape index (κ2) is 10.1. The van der Waals surface area contributed by atoms with Crippen LogP contribution in [-0.2, 0) is 13.2 Å². The van der Waals surface area contributed by atoms with Crippen LogP contribution in [0, 0.1) is 13.8 Å². The van der Waals surface area contributed by atoms with Crippen molar-refractivity contribution in [3.05, 3.63) is 76.7 Å². The first kappa shape index (κ1) is 22.3. The van der Waals surface area contributed by atoms with Crippen LogP contribution in [0.25, 0.3) is 0 Å². The fraction of sp³-hybridized carbons (Fsp3) is 0.320. The number of amides is 1. The van der Waals surface area contributed by atoms with Gasteiger partial charge in [-0.3, -0.25) is 4.79 Å². The van der Waals surface area contributed by atoms with E-state index in [4.69, 9.17) is 18.6 Å². The minimum Gasteiger partial charge on any atom is -0.493 e. The molecular formula is C25H29NO5. The third kappa shape index (κ3) is 5.40. The average molecular weight is 424 g/mol. The fourth-order valence-corrected chi connectivity index (χ4v) is 3.36. The van der Waals surface area contributed by atoms with E-state index in [2.05, 4.69) is 6.07 Å². The van der Waals surface area contributed by atoms with Crippen molar-refractivity contribution in [1.82, 2.24) is 4.90 Å². The maximum atomic E-state index is 13.0. The van der Waals surface area contributed by atoms with Gasteiger partial charge in [0.1, 0.15) is 18.1 Å². The zero-order valence-electron chi connectivity index (χ0n) is 18.7. The number of rotatable bonds is 9. The number of methoxy groups -OCH3 is 2. The Morgan fingerprint density at radius 3 is 2.35 bits per heavy atom. The first-order chi connectivity index (χ1) is 14.9. The van der Waals surface area contributed by atoms with Crippen molar-refractivity contribution in [2.24, 2.45) is 0 Å². The number of hydrogen-bond acceptors (Lipinski definition) is 5. The van der Waals surface area contributed by atoms with E-state index < -0.39 is 0 Å². The number of nitrogens with zero attached hydrogens (tertiary/aromatic N) is 1. The molecule has 3 rings (SSSR count). The van der Waals surface area contributed by atoms with E-state index in [1.807, 2.05) is 51.1 Å². The maximum Gasteiger partial charge on any atom is 0.289 e. The smallest absolute Gasteiger partial charge is 0.289 e. The van der Waals surface area contributed by atoms with Gasteiger partial charge in [0.05, 0.1) is 14.2 Å². The Balaban J connectivity index is 1.66. The lowest BCUT2D eigenvalue weighted by atomic mass is 10.1. The van der Waals surface area contributed by atoms with E-state index in [-0.39, 0.29) is 12.5 Å². The Kier molecular flexibility index (Phi) is 7.23. The highest BCUT2D eigenvalue weighted by molar-refractivity contribution is 5.91. The number of benzene rings is 2. The van der Waals surface area contributed by atoms with Gasteiger partial charge in [-0.25, -0.2) is 0 Å². The van der Waals surface area contributed by atoms with Crippen LogP contribution < -0.4 is 14.2 Å². The molecule has 0 unspecified atom stereocenters. The van der Waals surface area contributed by atoms with Gasteiger partial charge in [-0.05, 0) is 62.2 Å². The molecular weight excluding hydrogens is 394 g/mol. The number of carbonyl (C=O) groups excluding carboxylic acids is 1. The molecule has 6 heteroatoms. The lowest BCUT2D eigenvalue weighted by Crippen LogP contribution is -2.30. The predicted molar refractivity (Wildman–Crippen MR) is 119 cm³/mol. The fourth-order valence-electron chi connectivity index (χ4n) is 3.36. The summed E-state index contributed by atoms with van der Waals surface area (Å²) in [7, 11) is 3.19. The Hall–Kier alpha value is -3.41. The van der Waals surface area contributed by atoms with Crippen molar-refractivity contribution in [3.8, 4) is 17.2 Å². The molecule has 31 heavy (non-hydrogen) atoms. The standard InChI is InChI=1S/C25H29NO5/c1-6-26(15-19-8-11-22(28-4)24(14-19)29-5)25(27)23-12-9-20(31-23)16-30-21-10-7-17(2)13-18(21)3/h7-14H,6,15-16H2,1-5H3.